The molecule has 1 fully saturated rings. The number of hydrogen-bond acceptors (Lipinski definition) is 2. The molecule has 2 aliphatic rings. The summed E-state index contributed by atoms with van der Waals surface area (Å²) < 4.78 is 5.96. The first kappa shape index (κ1) is 13.0. The number of rotatable bonds is 1. The first-order valence-corrected chi connectivity index (χ1v) is 7.62. The number of para-hydroxylation sites is 1. The zero-order chi connectivity index (χ0) is 13.5. The molecule has 2 atom stereocenters. The number of aryl methyl sites for hydroxylation is 1. The Morgan fingerprint density at radius 1 is 1.21 bits per heavy atom. The molecule has 2 heteroatoms. The highest BCUT2D eigenvalue weighted by Crippen LogP contribution is 2.45. The van der Waals surface area contributed by atoms with E-state index in [2.05, 4.69) is 32.0 Å². The topological polar surface area (TPSA) is 35.2 Å². The normalized spacial score (nSPS) is 34.5. The molecule has 1 saturated carbocycles. The predicted molar refractivity (Wildman–Crippen MR) is 78.3 cm³/mol. The number of hydrogen-bond donors (Lipinski definition) is 1. The molecule has 1 aromatic carbocycles. The van der Waals surface area contributed by atoms with Gasteiger partial charge in [0.1, 0.15) is 5.75 Å². The summed E-state index contributed by atoms with van der Waals surface area (Å²) in [6, 6.07) is 6.54. The van der Waals surface area contributed by atoms with Crippen molar-refractivity contribution in [2.45, 2.75) is 51.5 Å². The third kappa shape index (κ3) is 2.38. The molecule has 2 nitrogen and oxygen atoms in total. The van der Waals surface area contributed by atoms with Gasteiger partial charge in [-0.15, -0.1) is 0 Å². The zero-order valence-corrected chi connectivity index (χ0v) is 12.1. The molecule has 1 aliphatic heterocycles. The lowest BCUT2D eigenvalue weighted by atomic mass is 9.68. The fourth-order valence-corrected chi connectivity index (χ4v) is 4.18. The Balaban J connectivity index is 2.01. The Bertz CT molecular complexity index is 458. The third-order valence-electron chi connectivity index (χ3n) is 4.70. The fourth-order valence-electron chi connectivity index (χ4n) is 4.18. The fraction of sp³-hybridized carbons (Fsp3) is 0.647. The molecule has 1 aliphatic carbocycles. The molecule has 0 radical (unpaired) electrons. The first-order chi connectivity index (χ1) is 9.08. The van der Waals surface area contributed by atoms with Crippen LogP contribution in [-0.2, 0) is 12.0 Å². The van der Waals surface area contributed by atoms with E-state index in [1.165, 1.54) is 17.5 Å². The van der Waals surface area contributed by atoms with E-state index >= 15 is 0 Å². The van der Waals surface area contributed by atoms with Gasteiger partial charge in [-0.25, -0.2) is 0 Å². The Morgan fingerprint density at radius 3 is 2.68 bits per heavy atom. The highest BCUT2D eigenvalue weighted by molar-refractivity contribution is 5.46. The van der Waals surface area contributed by atoms with Crippen molar-refractivity contribution in [3.8, 4) is 5.75 Å². The second-order valence-electron chi connectivity index (χ2n) is 6.76. The van der Waals surface area contributed by atoms with E-state index in [-0.39, 0.29) is 5.54 Å². The van der Waals surface area contributed by atoms with Crippen molar-refractivity contribution >= 4 is 0 Å². The summed E-state index contributed by atoms with van der Waals surface area (Å²) >= 11 is 0. The summed E-state index contributed by atoms with van der Waals surface area (Å²) in [5, 5.41) is 0. The van der Waals surface area contributed by atoms with E-state index in [0.29, 0.717) is 11.8 Å². The highest BCUT2D eigenvalue weighted by Gasteiger charge is 2.38. The number of ether oxygens (including phenoxy) is 1. The second kappa shape index (κ2) is 4.82. The molecule has 0 saturated heterocycles. The molecule has 104 valence electrons. The smallest absolute Gasteiger partial charge is 0.127 e. The Labute approximate surface area is 116 Å². The summed E-state index contributed by atoms with van der Waals surface area (Å²) in [6.07, 6.45) is 5.72. The van der Waals surface area contributed by atoms with Crippen LogP contribution >= 0.6 is 0 Å². The van der Waals surface area contributed by atoms with Gasteiger partial charge in [-0.3, -0.25) is 0 Å². The Hall–Kier alpha value is -1.02. The van der Waals surface area contributed by atoms with Gasteiger partial charge in [-0.2, -0.15) is 0 Å². The van der Waals surface area contributed by atoms with Gasteiger partial charge in [0.2, 0.25) is 0 Å². The number of fused-ring (bicyclic) bond motifs is 1. The molecule has 2 N–H and O–H groups in total. The lowest BCUT2D eigenvalue weighted by molar-refractivity contribution is 0.175. The standard InChI is InChI=1S/C17H25NO/c1-12-9-13(2)11-17(18,10-12)15-7-3-5-14-6-4-8-19-16(14)15/h3,5,7,12-13H,4,6,8-11,18H2,1-2H3. The maximum absolute atomic E-state index is 6.81. The SMILES string of the molecule is CC1CC(C)CC(N)(c2cccc3c2OCCC3)C1. The van der Waals surface area contributed by atoms with Crippen LogP contribution in [0.5, 0.6) is 5.75 Å². The molecule has 19 heavy (non-hydrogen) atoms. The Kier molecular flexibility index (Phi) is 3.30. The van der Waals surface area contributed by atoms with Gasteiger partial charge in [0, 0.05) is 11.1 Å². The quantitative estimate of drug-likeness (QED) is 0.836. The molecular formula is C17H25NO. The molecule has 0 aromatic heterocycles. The molecule has 2 unspecified atom stereocenters. The van der Waals surface area contributed by atoms with Gasteiger partial charge >= 0.3 is 0 Å². The van der Waals surface area contributed by atoms with Gasteiger partial charge in [0.25, 0.3) is 0 Å². The van der Waals surface area contributed by atoms with E-state index in [1.54, 1.807) is 0 Å². The van der Waals surface area contributed by atoms with Crippen molar-refractivity contribution in [2.75, 3.05) is 6.61 Å². The largest absolute Gasteiger partial charge is 0.493 e. The van der Waals surface area contributed by atoms with Crippen LogP contribution in [0.1, 0.15) is 50.7 Å². The molecule has 3 rings (SSSR count). The van der Waals surface area contributed by atoms with Crippen LogP contribution in [0.25, 0.3) is 0 Å². The van der Waals surface area contributed by atoms with Crippen LogP contribution in [-0.4, -0.2) is 6.61 Å². The lowest BCUT2D eigenvalue weighted by Gasteiger charge is -2.42. The van der Waals surface area contributed by atoms with Crippen LogP contribution in [0.4, 0.5) is 0 Å². The maximum atomic E-state index is 6.81. The minimum absolute atomic E-state index is 0.195. The van der Waals surface area contributed by atoms with Gasteiger partial charge in [-0.05, 0) is 49.5 Å². The van der Waals surface area contributed by atoms with Gasteiger partial charge < -0.3 is 10.5 Å². The van der Waals surface area contributed by atoms with E-state index < -0.39 is 0 Å². The van der Waals surface area contributed by atoms with Crippen molar-refractivity contribution in [1.82, 2.24) is 0 Å². The predicted octanol–water partition coefficient (Wildman–Crippen LogP) is 3.62. The molecule has 0 spiro atoms. The van der Waals surface area contributed by atoms with E-state index in [0.717, 1.165) is 38.0 Å². The van der Waals surface area contributed by atoms with Gasteiger partial charge in [-0.1, -0.05) is 32.0 Å². The molecular weight excluding hydrogens is 234 g/mol. The van der Waals surface area contributed by atoms with Crippen LogP contribution in [0.3, 0.4) is 0 Å². The average Bonchev–Trinajstić information content (AvgIpc) is 2.36. The molecule has 1 aromatic rings. The summed E-state index contributed by atoms with van der Waals surface area (Å²) in [5.74, 6) is 2.50. The maximum Gasteiger partial charge on any atom is 0.127 e. The van der Waals surface area contributed by atoms with Crippen LogP contribution in [0.2, 0.25) is 0 Å². The van der Waals surface area contributed by atoms with Crippen molar-refractivity contribution in [1.29, 1.82) is 0 Å². The van der Waals surface area contributed by atoms with Gasteiger partial charge in [0.05, 0.1) is 6.61 Å². The van der Waals surface area contributed by atoms with Crippen molar-refractivity contribution in [3.05, 3.63) is 29.3 Å². The van der Waals surface area contributed by atoms with E-state index in [9.17, 15) is 0 Å². The summed E-state index contributed by atoms with van der Waals surface area (Å²) in [5.41, 5.74) is 9.21. The van der Waals surface area contributed by atoms with Crippen LogP contribution in [0.15, 0.2) is 18.2 Å². The average molecular weight is 259 g/mol. The second-order valence-corrected chi connectivity index (χ2v) is 6.76. The zero-order valence-electron chi connectivity index (χ0n) is 12.1. The summed E-state index contributed by atoms with van der Waals surface area (Å²) in [4.78, 5) is 0. The first-order valence-electron chi connectivity index (χ1n) is 7.62. The van der Waals surface area contributed by atoms with Gasteiger partial charge in [0.15, 0.2) is 0 Å². The minimum atomic E-state index is -0.195. The molecule has 1 heterocycles. The monoisotopic (exact) mass is 259 g/mol. The van der Waals surface area contributed by atoms with Crippen molar-refractivity contribution in [2.24, 2.45) is 17.6 Å². The number of benzene rings is 1. The van der Waals surface area contributed by atoms with E-state index in [4.69, 9.17) is 10.5 Å². The van der Waals surface area contributed by atoms with E-state index in [1.807, 2.05) is 0 Å². The molecule has 0 amide bonds. The number of nitrogens with two attached hydrogens (primary N) is 1. The summed E-state index contributed by atoms with van der Waals surface area (Å²) in [7, 11) is 0. The summed E-state index contributed by atoms with van der Waals surface area (Å²) in [6.45, 7) is 5.49. The van der Waals surface area contributed by atoms with Crippen molar-refractivity contribution < 1.29 is 4.74 Å². The van der Waals surface area contributed by atoms with Crippen LogP contribution < -0.4 is 10.5 Å². The highest BCUT2D eigenvalue weighted by atomic mass is 16.5. The van der Waals surface area contributed by atoms with Crippen LogP contribution in [0, 0.1) is 11.8 Å². The lowest BCUT2D eigenvalue weighted by Crippen LogP contribution is -2.44. The Morgan fingerprint density at radius 2 is 1.95 bits per heavy atom. The third-order valence-corrected chi connectivity index (χ3v) is 4.70. The van der Waals surface area contributed by atoms with Crippen molar-refractivity contribution in [3.63, 3.8) is 0 Å². The minimum Gasteiger partial charge on any atom is -0.493 e. The molecule has 0 bridgehead atoms.